The number of aromatic nitrogens is 1. The van der Waals surface area contributed by atoms with Crippen LogP contribution in [0.3, 0.4) is 0 Å². The predicted octanol–water partition coefficient (Wildman–Crippen LogP) is 17.3. The van der Waals surface area contributed by atoms with Crippen molar-refractivity contribution in [3.63, 3.8) is 0 Å². The molecule has 3 nitrogen and oxygen atoms in total. The van der Waals surface area contributed by atoms with E-state index in [2.05, 4.69) is 199 Å². The summed E-state index contributed by atoms with van der Waals surface area (Å²) in [5.41, 5.74) is 12.5. The number of hydrogen-bond donors (Lipinski definition) is 0. The van der Waals surface area contributed by atoms with E-state index in [-0.39, 0.29) is 0 Å². The van der Waals surface area contributed by atoms with E-state index >= 15 is 0 Å². The summed E-state index contributed by atoms with van der Waals surface area (Å²) in [6.45, 7) is 0. The first-order chi connectivity index (χ1) is 30.7. The van der Waals surface area contributed by atoms with E-state index in [1.165, 1.54) is 62.6 Å². The number of pyridine rings is 1. The summed E-state index contributed by atoms with van der Waals surface area (Å²) in [5.74, 6) is 0. The lowest BCUT2D eigenvalue weighted by atomic mass is 10.0. The zero-order chi connectivity index (χ0) is 40.7. The second kappa shape index (κ2) is 14.0. The third kappa shape index (κ3) is 5.67. The number of nitrogens with zero attached hydrogens (tertiary/aromatic N) is 2. The minimum absolute atomic E-state index is 0.809. The van der Waals surface area contributed by atoms with Crippen LogP contribution in [-0.4, -0.2) is 4.98 Å². The fourth-order valence-corrected chi connectivity index (χ4v) is 11.6. The first kappa shape index (κ1) is 35.2. The number of rotatable bonds is 6. The number of thiophene rings is 2. The van der Waals surface area contributed by atoms with Crippen LogP contribution in [0.25, 0.3) is 107 Å². The number of furan rings is 1. The van der Waals surface area contributed by atoms with Gasteiger partial charge in [0.2, 0.25) is 0 Å². The number of fused-ring (bicyclic) bond motifs is 11. The Labute approximate surface area is 365 Å². The van der Waals surface area contributed by atoms with E-state index in [1.54, 1.807) is 0 Å². The largest absolute Gasteiger partial charge is 0.454 e. The molecule has 0 bridgehead atoms. The first-order valence-corrected chi connectivity index (χ1v) is 22.5. The van der Waals surface area contributed by atoms with Gasteiger partial charge in [0.25, 0.3) is 0 Å². The normalized spacial score (nSPS) is 11.9. The molecule has 0 aliphatic heterocycles. The van der Waals surface area contributed by atoms with Crippen molar-refractivity contribution in [3.8, 4) is 33.5 Å². The van der Waals surface area contributed by atoms with E-state index in [1.807, 2.05) is 34.8 Å². The highest BCUT2D eigenvalue weighted by atomic mass is 32.1. The zero-order valence-electron chi connectivity index (χ0n) is 33.2. The number of anilines is 3. The van der Waals surface area contributed by atoms with E-state index in [0.717, 1.165) is 61.2 Å². The first-order valence-electron chi connectivity index (χ1n) is 20.8. The topological polar surface area (TPSA) is 29.3 Å². The summed E-state index contributed by atoms with van der Waals surface area (Å²) in [6.07, 6.45) is 0. The van der Waals surface area contributed by atoms with E-state index in [9.17, 15) is 0 Å². The Morgan fingerprint density at radius 1 is 0.355 bits per heavy atom. The van der Waals surface area contributed by atoms with Crippen molar-refractivity contribution < 1.29 is 4.42 Å². The molecule has 0 aliphatic carbocycles. The Kier molecular flexibility index (Phi) is 7.95. The Hall–Kier alpha value is -7.57. The molecule has 0 aliphatic rings. The molecule has 0 atom stereocenters. The molecule has 0 saturated carbocycles. The lowest BCUT2D eigenvalue weighted by Crippen LogP contribution is -2.09. The molecule has 9 aromatic carbocycles. The van der Waals surface area contributed by atoms with Crippen LogP contribution < -0.4 is 4.90 Å². The van der Waals surface area contributed by atoms with Gasteiger partial charge in [-0.1, -0.05) is 133 Å². The molecule has 5 heteroatoms. The molecule has 0 saturated heterocycles. The van der Waals surface area contributed by atoms with Crippen LogP contribution >= 0.6 is 22.7 Å². The van der Waals surface area contributed by atoms with Gasteiger partial charge in [-0.15, -0.1) is 22.7 Å². The van der Waals surface area contributed by atoms with Gasteiger partial charge in [0, 0.05) is 79.1 Å². The monoisotopic (exact) mass is 826 g/mol. The van der Waals surface area contributed by atoms with Crippen LogP contribution in [0.5, 0.6) is 0 Å². The van der Waals surface area contributed by atoms with Crippen molar-refractivity contribution in [3.05, 3.63) is 206 Å². The van der Waals surface area contributed by atoms with Crippen molar-refractivity contribution in [1.82, 2.24) is 4.98 Å². The summed E-state index contributed by atoms with van der Waals surface area (Å²) in [7, 11) is 0. The lowest BCUT2D eigenvalue weighted by Gasteiger charge is -2.26. The molecule has 0 N–H and O–H groups in total. The molecular formula is C57H34N2OS2. The minimum atomic E-state index is 0.809. The summed E-state index contributed by atoms with van der Waals surface area (Å²) in [5, 5.41) is 8.57. The van der Waals surface area contributed by atoms with Gasteiger partial charge in [-0.2, -0.15) is 0 Å². The lowest BCUT2D eigenvalue weighted by molar-refractivity contribution is 0.669. The average Bonchev–Trinajstić information content (AvgIpc) is 4.03. The number of para-hydroxylation sites is 2. The third-order valence-corrected chi connectivity index (χ3v) is 14.6. The average molecular weight is 827 g/mol. The van der Waals surface area contributed by atoms with E-state index in [0.29, 0.717) is 0 Å². The summed E-state index contributed by atoms with van der Waals surface area (Å²) in [6, 6.07) is 74.4. The molecule has 0 unspecified atom stereocenters. The maximum atomic E-state index is 6.56. The van der Waals surface area contributed by atoms with Crippen LogP contribution in [0.4, 0.5) is 17.1 Å². The summed E-state index contributed by atoms with van der Waals surface area (Å²) in [4.78, 5) is 7.53. The fraction of sp³-hybridized carbons (Fsp3) is 0. The number of benzene rings is 9. The summed E-state index contributed by atoms with van der Waals surface area (Å²) < 4.78 is 11.8. The van der Waals surface area contributed by atoms with Gasteiger partial charge < -0.3 is 9.32 Å². The molecule has 13 rings (SSSR count). The van der Waals surface area contributed by atoms with Crippen LogP contribution in [-0.2, 0) is 0 Å². The van der Waals surface area contributed by atoms with Crippen molar-refractivity contribution in [2.24, 2.45) is 0 Å². The number of hydrogen-bond acceptors (Lipinski definition) is 5. The molecular weight excluding hydrogens is 793 g/mol. The third-order valence-electron chi connectivity index (χ3n) is 12.3. The Morgan fingerprint density at radius 2 is 0.790 bits per heavy atom. The highest BCUT2D eigenvalue weighted by molar-refractivity contribution is 7.26. The van der Waals surface area contributed by atoms with Crippen molar-refractivity contribution >= 4 is 113 Å². The Balaban J connectivity index is 0.903. The van der Waals surface area contributed by atoms with Crippen LogP contribution in [0, 0.1) is 0 Å². The molecule has 0 spiro atoms. The minimum Gasteiger partial charge on any atom is -0.454 e. The Bertz CT molecular complexity index is 3700. The molecule has 62 heavy (non-hydrogen) atoms. The predicted molar refractivity (Wildman–Crippen MR) is 266 cm³/mol. The molecule has 13 aromatic rings. The van der Waals surface area contributed by atoms with Crippen molar-refractivity contribution in [2.75, 3.05) is 4.90 Å². The zero-order valence-corrected chi connectivity index (χ0v) is 34.9. The van der Waals surface area contributed by atoms with Crippen molar-refractivity contribution in [1.29, 1.82) is 0 Å². The Morgan fingerprint density at radius 3 is 1.35 bits per heavy atom. The molecule has 0 radical (unpaired) electrons. The van der Waals surface area contributed by atoms with Gasteiger partial charge >= 0.3 is 0 Å². The van der Waals surface area contributed by atoms with Gasteiger partial charge in [0.1, 0.15) is 11.3 Å². The van der Waals surface area contributed by atoms with E-state index in [4.69, 9.17) is 9.40 Å². The second-order valence-electron chi connectivity index (χ2n) is 15.9. The maximum absolute atomic E-state index is 6.56. The summed E-state index contributed by atoms with van der Waals surface area (Å²) >= 11 is 3.71. The molecule has 4 aromatic heterocycles. The fourth-order valence-electron chi connectivity index (χ4n) is 9.26. The highest BCUT2D eigenvalue weighted by Gasteiger charge is 2.19. The molecule has 290 valence electrons. The quantitative estimate of drug-likeness (QED) is 0.167. The molecule has 0 fully saturated rings. The van der Waals surface area contributed by atoms with Crippen LogP contribution in [0.15, 0.2) is 211 Å². The van der Waals surface area contributed by atoms with Crippen LogP contribution in [0.1, 0.15) is 0 Å². The van der Waals surface area contributed by atoms with Crippen molar-refractivity contribution in [2.45, 2.75) is 0 Å². The maximum Gasteiger partial charge on any atom is 0.162 e. The van der Waals surface area contributed by atoms with Gasteiger partial charge in [-0.3, -0.25) is 0 Å². The highest BCUT2D eigenvalue weighted by Crippen LogP contribution is 2.43. The van der Waals surface area contributed by atoms with E-state index < -0.39 is 0 Å². The van der Waals surface area contributed by atoms with Gasteiger partial charge in [0.15, 0.2) is 5.58 Å². The standard InChI is InChI=1S/C57H34N2OS2/c1-5-13-49-47(11-1)55-48-12-2-6-14-50(48)60-57(55)56(58-49)37-21-29-42(30-22-37)59(40-25-17-35(18-26-40)38-23-31-45-43-9-3-7-15-51(43)61-53(45)33-38)41-27-19-36(20-28-41)39-24-32-46-44-10-4-8-16-52(44)62-54(46)34-39/h1-34H. The van der Waals surface area contributed by atoms with Gasteiger partial charge in [-0.05, 0) is 95.1 Å². The SMILES string of the molecule is c1ccc2c(c1)nc(-c1ccc(N(c3ccc(-c4ccc5c(c4)sc4ccccc45)cc3)c3ccc(-c4ccc5c(c4)sc4ccccc45)cc3)cc1)c1oc3ccccc3c12. The van der Waals surface area contributed by atoms with Crippen LogP contribution in [0.2, 0.25) is 0 Å². The molecule has 0 amide bonds. The van der Waals surface area contributed by atoms with Gasteiger partial charge in [-0.25, -0.2) is 4.98 Å². The second-order valence-corrected chi connectivity index (χ2v) is 18.0. The molecule has 4 heterocycles. The smallest absolute Gasteiger partial charge is 0.162 e. The van der Waals surface area contributed by atoms with Gasteiger partial charge in [0.05, 0.1) is 5.52 Å².